The smallest absolute Gasteiger partial charge is 0.225 e. The minimum Gasteiger partial charge on any atom is -0.497 e. The minimum absolute atomic E-state index is 0.0695. The van der Waals surface area contributed by atoms with Crippen molar-refractivity contribution in [3.8, 4) is 34.2 Å². The quantitative estimate of drug-likeness (QED) is 0.284. The first kappa shape index (κ1) is 24.1. The van der Waals surface area contributed by atoms with Gasteiger partial charge in [-0.1, -0.05) is 60.7 Å². The summed E-state index contributed by atoms with van der Waals surface area (Å²) >= 11 is 1.42. The largest absolute Gasteiger partial charge is 0.497 e. The molecule has 0 saturated heterocycles. The van der Waals surface area contributed by atoms with Crippen LogP contribution >= 0.6 is 11.8 Å². The maximum atomic E-state index is 12.5. The normalized spacial score (nSPS) is 10.4. The maximum absolute atomic E-state index is 12.5. The minimum atomic E-state index is -0.0695. The van der Waals surface area contributed by atoms with E-state index in [1.165, 1.54) is 11.8 Å². The van der Waals surface area contributed by atoms with Crippen LogP contribution in [0.2, 0.25) is 0 Å². The van der Waals surface area contributed by atoms with Crippen LogP contribution in [0.3, 0.4) is 0 Å². The van der Waals surface area contributed by atoms with Crippen LogP contribution in [0.15, 0.2) is 90.0 Å². The number of aryl methyl sites for hydroxylation is 1. The van der Waals surface area contributed by atoms with Gasteiger partial charge in [-0.15, -0.1) is 11.8 Å². The van der Waals surface area contributed by atoms with Crippen molar-refractivity contribution in [1.82, 2.24) is 4.98 Å². The summed E-state index contributed by atoms with van der Waals surface area (Å²) in [5.41, 5.74) is 5.78. The Kier molecular flexibility index (Phi) is 7.81. The molecule has 0 bridgehead atoms. The van der Waals surface area contributed by atoms with Crippen LogP contribution in [-0.4, -0.2) is 23.8 Å². The average molecular weight is 480 g/mol. The molecular formula is C29H25N3O2S. The van der Waals surface area contributed by atoms with Crippen molar-refractivity contribution >= 4 is 23.4 Å². The number of hydrogen-bond acceptors (Lipinski definition) is 5. The molecule has 1 heterocycles. The summed E-state index contributed by atoms with van der Waals surface area (Å²) in [4.78, 5) is 17.3. The lowest BCUT2D eigenvalue weighted by Gasteiger charge is -2.13. The molecule has 0 fully saturated rings. The van der Waals surface area contributed by atoms with Gasteiger partial charge in [0.15, 0.2) is 0 Å². The van der Waals surface area contributed by atoms with Gasteiger partial charge < -0.3 is 10.1 Å². The van der Waals surface area contributed by atoms with Crippen LogP contribution in [0, 0.1) is 18.3 Å². The molecule has 4 rings (SSSR count). The number of rotatable bonds is 8. The number of nitrogens with one attached hydrogen (secondary N) is 1. The van der Waals surface area contributed by atoms with Crippen molar-refractivity contribution in [1.29, 1.82) is 5.26 Å². The van der Waals surface area contributed by atoms with Gasteiger partial charge in [0.25, 0.3) is 0 Å². The summed E-state index contributed by atoms with van der Waals surface area (Å²) < 4.78 is 5.28. The fourth-order valence-electron chi connectivity index (χ4n) is 3.66. The summed E-state index contributed by atoms with van der Waals surface area (Å²) in [6, 6.07) is 29.5. The molecule has 1 N–H and O–H groups in total. The Morgan fingerprint density at radius 2 is 1.71 bits per heavy atom. The molecule has 0 saturated carbocycles. The number of nitrogens with zero attached hydrogens (tertiary/aromatic N) is 2. The molecular weight excluding hydrogens is 454 g/mol. The van der Waals surface area contributed by atoms with Crippen LogP contribution in [0.5, 0.6) is 5.75 Å². The van der Waals surface area contributed by atoms with Crippen LogP contribution < -0.4 is 10.1 Å². The Morgan fingerprint density at radius 3 is 2.40 bits per heavy atom. The topological polar surface area (TPSA) is 75.0 Å². The summed E-state index contributed by atoms with van der Waals surface area (Å²) in [6.45, 7) is 1.96. The Bertz CT molecular complexity index is 1360. The van der Waals surface area contributed by atoms with E-state index in [0.29, 0.717) is 22.8 Å². The molecule has 1 aromatic heterocycles. The van der Waals surface area contributed by atoms with E-state index in [0.717, 1.165) is 39.4 Å². The first-order valence-electron chi connectivity index (χ1n) is 11.2. The fraction of sp³-hybridized carbons (Fsp3) is 0.138. The molecule has 3 aromatic carbocycles. The number of thioether (sulfide) groups is 1. The third kappa shape index (κ3) is 5.89. The highest BCUT2D eigenvalue weighted by Gasteiger charge is 2.16. The van der Waals surface area contributed by atoms with Gasteiger partial charge in [0, 0.05) is 29.0 Å². The molecule has 0 radical (unpaired) electrons. The van der Waals surface area contributed by atoms with Crippen LogP contribution in [0.4, 0.5) is 5.69 Å². The number of carbonyl (C=O) groups excluding carboxylic acids is 1. The van der Waals surface area contributed by atoms with E-state index in [1.807, 2.05) is 91.9 Å². The van der Waals surface area contributed by atoms with Gasteiger partial charge in [0.1, 0.15) is 16.8 Å². The van der Waals surface area contributed by atoms with Gasteiger partial charge in [-0.05, 0) is 42.3 Å². The van der Waals surface area contributed by atoms with Crippen molar-refractivity contribution in [2.24, 2.45) is 0 Å². The second-order valence-corrected chi connectivity index (χ2v) is 8.99. The number of para-hydroxylation sites is 1. The fourth-order valence-corrected chi connectivity index (χ4v) is 4.60. The molecule has 0 atom stereocenters. The molecule has 174 valence electrons. The van der Waals surface area contributed by atoms with Crippen LogP contribution in [0.1, 0.15) is 17.5 Å². The number of methoxy groups -OCH3 is 1. The zero-order chi connectivity index (χ0) is 24.6. The Labute approximate surface area is 209 Å². The first-order chi connectivity index (χ1) is 17.1. The average Bonchev–Trinajstić information content (AvgIpc) is 2.90. The standard InChI is InChI=1S/C29H25N3O2S/c1-20-8-6-7-11-26(20)31-28(33)16-17-35-29-25(19-30)24(21-12-14-23(34-2)15-13-21)18-27(32-29)22-9-4-3-5-10-22/h3-15,18H,16-17H2,1-2H3,(H,31,33). The first-order valence-corrected chi connectivity index (χ1v) is 12.2. The number of amides is 1. The van der Waals surface area contributed by atoms with E-state index in [4.69, 9.17) is 9.72 Å². The van der Waals surface area contributed by atoms with Gasteiger partial charge >= 0.3 is 0 Å². The maximum Gasteiger partial charge on any atom is 0.225 e. The number of hydrogen-bond donors (Lipinski definition) is 1. The zero-order valence-electron chi connectivity index (χ0n) is 19.6. The lowest BCUT2D eigenvalue weighted by molar-refractivity contribution is -0.115. The lowest BCUT2D eigenvalue weighted by atomic mass is 9.99. The van der Waals surface area contributed by atoms with E-state index in [2.05, 4.69) is 11.4 Å². The number of carbonyl (C=O) groups is 1. The highest BCUT2D eigenvalue weighted by atomic mass is 32.2. The highest BCUT2D eigenvalue weighted by Crippen LogP contribution is 2.35. The Hall–Kier alpha value is -4.08. The number of nitriles is 1. The van der Waals surface area contributed by atoms with E-state index in [9.17, 15) is 10.1 Å². The summed E-state index contributed by atoms with van der Waals surface area (Å²) in [7, 11) is 1.62. The zero-order valence-corrected chi connectivity index (χ0v) is 20.4. The Morgan fingerprint density at radius 1 is 1.00 bits per heavy atom. The number of pyridine rings is 1. The van der Waals surface area contributed by atoms with Crippen molar-refractivity contribution in [3.05, 3.63) is 96.1 Å². The van der Waals surface area contributed by atoms with Gasteiger partial charge in [-0.3, -0.25) is 4.79 Å². The van der Waals surface area contributed by atoms with Gasteiger partial charge in [-0.25, -0.2) is 4.98 Å². The number of anilines is 1. The monoisotopic (exact) mass is 479 g/mol. The number of aromatic nitrogens is 1. The van der Waals surface area contributed by atoms with Crippen molar-refractivity contribution in [3.63, 3.8) is 0 Å². The summed E-state index contributed by atoms with van der Waals surface area (Å²) in [5.74, 6) is 1.18. The highest BCUT2D eigenvalue weighted by molar-refractivity contribution is 7.99. The molecule has 0 unspecified atom stereocenters. The number of ether oxygens (including phenoxy) is 1. The second kappa shape index (κ2) is 11.4. The van der Waals surface area contributed by atoms with Crippen molar-refractivity contribution < 1.29 is 9.53 Å². The van der Waals surface area contributed by atoms with Gasteiger partial charge in [-0.2, -0.15) is 5.26 Å². The molecule has 0 aliphatic rings. The van der Waals surface area contributed by atoms with E-state index >= 15 is 0 Å². The molecule has 0 aliphatic carbocycles. The molecule has 4 aromatic rings. The molecule has 0 spiro atoms. The van der Waals surface area contributed by atoms with E-state index in [1.54, 1.807) is 7.11 Å². The van der Waals surface area contributed by atoms with Gasteiger partial charge in [0.2, 0.25) is 5.91 Å². The lowest BCUT2D eigenvalue weighted by Crippen LogP contribution is -2.13. The Balaban J connectivity index is 1.61. The van der Waals surface area contributed by atoms with E-state index in [-0.39, 0.29) is 5.91 Å². The second-order valence-electron chi connectivity index (χ2n) is 7.90. The molecule has 1 amide bonds. The molecule has 35 heavy (non-hydrogen) atoms. The molecule has 0 aliphatic heterocycles. The van der Waals surface area contributed by atoms with E-state index < -0.39 is 0 Å². The predicted octanol–water partition coefficient (Wildman–Crippen LogP) is 6.73. The molecule has 5 nitrogen and oxygen atoms in total. The van der Waals surface area contributed by atoms with Crippen LogP contribution in [0.25, 0.3) is 22.4 Å². The van der Waals surface area contributed by atoms with Crippen LogP contribution in [-0.2, 0) is 4.79 Å². The third-order valence-corrected chi connectivity index (χ3v) is 6.53. The van der Waals surface area contributed by atoms with Crippen molar-refractivity contribution in [2.75, 3.05) is 18.2 Å². The SMILES string of the molecule is COc1ccc(-c2cc(-c3ccccc3)nc(SCCC(=O)Nc3ccccc3C)c2C#N)cc1. The summed E-state index contributed by atoms with van der Waals surface area (Å²) in [5, 5.41) is 13.6. The summed E-state index contributed by atoms with van der Waals surface area (Å²) in [6.07, 6.45) is 0.305. The third-order valence-electron chi connectivity index (χ3n) is 5.56. The molecule has 6 heteroatoms. The van der Waals surface area contributed by atoms with Crippen molar-refractivity contribution in [2.45, 2.75) is 18.4 Å². The van der Waals surface area contributed by atoms with Gasteiger partial charge in [0.05, 0.1) is 18.4 Å². The number of benzene rings is 3. The predicted molar refractivity (Wildman–Crippen MR) is 142 cm³/mol.